The lowest BCUT2D eigenvalue weighted by molar-refractivity contribution is 0.0117. The zero-order valence-electron chi connectivity index (χ0n) is 19.7. The number of benzene rings is 2. The molecule has 0 radical (unpaired) electrons. The van der Waals surface area contributed by atoms with Crippen molar-refractivity contribution in [2.24, 2.45) is 11.3 Å². The summed E-state index contributed by atoms with van der Waals surface area (Å²) < 4.78 is 11.3. The lowest BCUT2D eigenvalue weighted by Gasteiger charge is -2.37. The number of hydrogen-bond acceptors (Lipinski definition) is 4. The van der Waals surface area contributed by atoms with E-state index in [1.54, 1.807) is 0 Å². The third-order valence-corrected chi connectivity index (χ3v) is 7.21. The third kappa shape index (κ3) is 5.94. The molecule has 2 aliphatic rings. The van der Waals surface area contributed by atoms with Crippen LogP contribution < -0.4 is 4.74 Å². The molecule has 5 nitrogen and oxygen atoms in total. The highest BCUT2D eigenvalue weighted by molar-refractivity contribution is 5.84. The van der Waals surface area contributed by atoms with Gasteiger partial charge in [-0.05, 0) is 90.9 Å². The van der Waals surface area contributed by atoms with E-state index in [2.05, 4.69) is 62.1 Å². The van der Waals surface area contributed by atoms with E-state index >= 15 is 0 Å². The van der Waals surface area contributed by atoms with Crippen molar-refractivity contribution >= 4 is 16.9 Å². The summed E-state index contributed by atoms with van der Waals surface area (Å²) in [7, 11) is 0. The van der Waals surface area contributed by atoms with Crippen LogP contribution in [0.25, 0.3) is 10.8 Å². The van der Waals surface area contributed by atoms with Gasteiger partial charge >= 0.3 is 6.16 Å². The van der Waals surface area contributed by atoms with Crippen LogP contribution in [0.1, 0.15) is 64.9 Å². The zero-order valence-corrected chi connectivity index (χ0v) is 19.7. The second-order valence-electron chi connectivity index (χ2n) is 10.7. The number of hydrogen-bond donors (Lipinski definition) is 1. The van der Waals surface area contributed by atoms with E-state index < -0.39 is 6.16 Å². The van der Waals surface area contributed by atoms with Crippen molar-refractivity contribution in [2.45, 2.75) is 78.0 Å². The maximum atomic E-state index is 10.8. The first-order valence-corrected chi connectivity index (χ1v) is 12.1. The highest BCUT2D eigenvalue weighted by atomic mass is 16.7. The van der Waals surface area contributed by atoms with Gasteiger partial charge in [-0.1, -0.05) is 39.0 Å². The molecule has 1 aliphatic carbocycles. The van der Waals surface area contributed by atoms with E-state index in [4.69, 9.17) is 14.6 Å². The van der Waals surface area contributed by atoms with Gasteiger partial charge in [0.1, 0.15) is 11.9 Å². The monoisotopic (exact) mass is 439 g/mol. The molecule has 1 saturated carbocycles. The molecule has 2 fully saturated rings. The second kappa shape index (κ2) is 9.70. The van der Waals surface area contributed by atoms with Crippen LogP contribution in [0.2, 0.25) is 0 Å². The number of likely N-dealkylation sites (tertiary alicyclic amines) is 1. The summed E-state index contributed by atoms with van der Waals surface area (Å²) in [4.78, 5) is 13.1. The Morgan fingerprint density at radius 2 is 1.72 bits per heavy atom. The van der Waals surface area contributed by atoms with Crippen LogP contribution in [-0.2, 0) is 11.3 Å². The van der Waals surface area contributed by atoms with Crippen LogP contribution in [0.15, 0.2) is 36.4 Å². The molecular weight excluding hydrogens is 402 g/mol. The number of carboxylic acid groups (broad SMARTS) is 1. The number of fused-ring (bicyclic) bond motifs is 1. The molecule has 1 heterocycles. The lowest BCUT2D eigenvalue weighted by Crippen LogP contribution is -2.39. The average Bonchev–Trinajstić information content (AvgIpc) is 2.73. The summed E-state index contributed by atoms with van der Waals surface area (Å²) >= 11 is 0. The molecule has 0 amide bonds. The van der Waals surface area contributed by atoms with Crippen molar-refractivity contribution in [3.8, 4) is 5.75 Å². The van der Waals surface area contributed by atoms with Crippen LogP contribution in [-0.4, -0.2) is 41.5 Å². The normalized spacial score (nSPS) is 24.9. The van der Waals surface area contributed by atoms with Gasteiger partial charge in [0.05, 0.1) is 6.10 Å². The predicted octanol–water partition coefficient (Wildman–Crippen LogP) is 6.48. The van der Waals surface area contributed by atoms with Crippen molar-refractivity contribution in [1.82, 2.24) is 4.90 Å². The Labute approximate surface area is 191 Å². The summed E-state index contributed by atoms with van der Waals surface area (Å²) in [5.74, 6) is 1.76. The minimum Gasteiger partial charge on any atom is -0.490 e. The molecule has 2 aromatic carbocycles. The Hall–Kier alpha value is -2.27. The molecule has 0 aromatic heterocycles. The van der Waals surface area contributed by atoms with Gasteiger partial charge in [0.15, 0.2) is 0 Å². The van der Waals surface area contributed by atoms with Crippen molar-refractivity contribution in [1.29, 1.82) is 0 Å². The molecular formula is C27H37NO4. The molecule has 5 heteroatoms. The number of rotatable bonds is 5. The van der Waals surface area contributed by atoms with E-state index in [0.717, 1.165) is 50.4 Å². The van der Waals surface area contributed by atoms with Crippen molar-refractivity contribution < 1.29 is 19.4 Å². The van der Waals surface area contributed by atoms with Gasteiger partial charge in [0, 0.05) is 13.1 Å². The highest BCUT2D eigenvalue weighted by Gasteiger charge is 2.30. The molecule has 0 spiro atoms. The van der Waals surface area contributed by atoms with Crippen molar-refractivity contribution in [3.63, 3.8) is 0 Å². The zero-order chi connectivity index (χ0) is 22.7. The first-order chi connectivity index (χ1) is 15.3. The standard InChI is InChI=1S/C27H37NO4/c1-27(2,3)22-9-12-23(13-10-22)31-24-11-8-20-15-19(6-7-21(20)16-24)17-28-14-4-5-25(18-28)32-26(29)30/h6-8,11,15-16,22-23,25H,4-5,9-10,12-14,17-18H2,1-3H3,(H,29,30)/t22?,23?,25-/m0/s1. The van der Waals surface area contributed by atoms with Crippen LogP contribution in [0, 0.1) is 11.3 Å². The molecule has 0 unspecified atom stereocenters. The highest BCUT2D eigenvalue weighted by Crippen LogP contribution is 2.39. The fourth-order valence-electron chi connectivity index (χ4n) is 5.34. The maximum absolute atomic E-state index is 10.8. The topological polar surface area (TPSA) is 59.0 Å². The SMILES string of the molecule is CC(C)(C)C1CCC(Oc2ccc3cc(CN4CCC[C@H](OC(=O)O)C4)ccc3c2)CC1. The summed E-state index contributed by atoms with van der Waals surface area (Å²) in [5, 5.41) is 11.3. The van der Waals surface area contributed by atoms with E-state index in [1.165, 1.54) is 29.2 Å². The number of piperidine rings is 1. The largest absolute Gasteiger partial charge is 0.506 e. The van der Waals surface area contributed by atoms with E-state index in [1.807, 2.05) is 0 Å². The molecule has 1 N–H and O–H groups in total. The quantitative estimate of drug-likeness (QED) is 0.540. The summed E-state index contributed by atoms with van der Waals surface area (Å²) in [5.41, 5.74) is 1.63. The fraction of sp³-hybridized carbons (Fsp3) is 0.593. The van der Waals surface area contributed by atoms with Gasteiger partial charge in [0.25, 0.3) is 0 Å². The van der Waals surface area contributed by atoms with Crippen LogP contribution in [0.5, 0.6) is 5.75 Å². The van der Waals surface area contributed by atoms with Gasteiger partial charge in [0.2, 0.25) is 0 Å². The minimum atomic E-state index is -1.18. The van der Waals surface area contributed by atoms with Crippen LogP contribution >= 0.6 is 0 Å². The molecule has 1 saturated heterocycles. The number of carbonyl (C=O) groups is 1. The fourth-order valence-corrected chi connectivity index (χ4v) is 5.34. The van der Waals surface area contributed by atoms with Crippen LogP contribution in [0.3, 0.4) is 0 Å². The van der Waals surface area contributed by atoms with Gasteiger partial charge in [-0.25, -0.2) is 4.79 Å². The summed E-state index contributed by atoms with van der Waals surface area (Å²) in [6, 6.07) is 13.0. The second-order valence-corrected chi connectivity index (χ2v) is 10.7. The van der Waals surface area contributed by atoms with Gasteiger partial charge in [-0.15, -0.1) is 0 Å². The van der Waals surface area contributed by atoms with E-state index in [9.17, 15) is 4.79 Å². The Morgan fingerprint density at radius 1 is 1.00 bits per heavy atom. The molecule has 2 aromatic rings. The molecule has 174 valence electrons. The summed E-state index contributed by atoms with van der Waals surface area (Å²) in [6.07, 6.45) is 5.47. The first kappa shape index (κ1) is 22.9. The van der Waals surface area contributed by atoms with Crippen LogP contribution in [0.4, 0.5) is 4.79 Å². The van der Waals surface area contributed by atoms with Crippen molar-refractivity contribution in [2.75, 3.05) is 13.1 Å². The van der Waals surface area contributed by atoms with Gasteiger partial charge < -0.3 is 14.6 Å². The smallest absolute Gasteiger partial charge is 0.490 e. The lowest BCUT2D eigenvalue weighted by atomic mass is 9.72. The summed E-state index contributed by atoms with van der Waals surface area (Å²) in [6.45, 7) is 9.50. The Bertz CT molecular complexity index is 927. The predicted molar refractivity (Wildman–Crippen MR) is 127 cm³/mol. The maximum Gasteiger partial charge on any atom is 0.506 e. The Kier molecular flexibility index (Phi) is 6.94. The van der Waals surface area contributed by atoms with E-state index in [0.29, 0.717) is 18.1 Å². The van der Waals surface area contributed by atoms with Crippen molar-refractivity contribution in [3.05, 3.63) is 42.0 Å². The van der Waals surface area contributed by atoms with Gasteiger partial charge in [-0.3, -0.25) is 4.90 Å². The Morgan fingerprint density at radius 3 is 2.44 bits per heavy atom. The number of ether oxygens (including phenoxy) is 2. The first-order valence-electron chi connectivity index (χ1n) is 12.1. The molecule has 1 atom stereocenters. The minimum absolute atomic E-state index is 0.222. The van der Waals surface area contributed by atoms with Gasteiger partial charge in [-0.2, -0.15) is 0 Å². The Balaban J connectivity index is 1.35. The molecule has 1 aliphatic heterocycles. The number of nitrogens with zero attached hydrogens (tertiary/aromatic N) is 1. The molecule has 0 bridgehead atoms. The van der Waals surface area contributed by atoms with E-state index in [-0.39, 0.29) is 6.10 Å². The average molecular weight is 440 g/mol. The molecule has 32 heavy (non-hydrogen) atoms. The third-order valence-electron chi connectivity index (χ3n) is 7.21. The molecule has 4 rings (SSSR count).